The van der Waals surface area contributed by atoms with Crippen LogP contribution < -0.4 is 0 Å². The first-order chi connectivity index (χ1) is 9.77. The normalized spacial score (nSPS) is 12.1. The second-order valence-corrected chi connectivity index (χ2v) is 5.06. The van der Waals surface area contributed by atoms with E-state index >= 15 is 0 Å². The lowest BCUT2D eigenvalue weighted by Crippen LogP contribution is -1.91. The number of hydrogen-bond donors (Lipinski definition) is 1. The highest BCUT2D eigenvalue weighted by atomic mass is 16.4. The van der Waals surface area contributed by atoms with E-state index in [2.05, 4.69) is 25.2 Å². The minimum Gasteiger partial charge on any atom is -0.481 e. The maximum absolute atomic E-state index is 10.3. The number of carboxylic acids is 1. The zero-order valence-corrected chi connectivity index (χ0v) is 12.9. The van der Waals surface area contributed by atoms with Gasteiger partial charge in [-0.05, 0) is 39.0 Å². The second-order valence-electron chi connectivity index (χ2n) is 5.06. The van der Waals surface area contributed by atoms with Gasteiger partial charge in [-0.25, -0.2) is 0 Å². The molecule has 0 aromatic rings. The Kier molecular flexibility index (Phi) is 14.7. The summed E-state index contributed by atoms with van der Waals surface area (Å²) >= 11 is 0. The van der Waals surface area contributed by atoms with Crippen LogP contribution in [0.2, 0.25) is 0 Å². The molecule has 0 spiro atoms. The van der Waals surface area contributed by atoms with E-state index in [1.54, 1.807) is 0 Å². The minimum atomic E-state index is -0.732. The van der Waals surface area contributed by atoms with Gasteiger partial charge in [0.1, 0.15) is 0 Å². The molecule has 0 aromatic heterocycles. The largest absolute Gasteiger partial charge is 0.481 e. The summed E-state index contributed by atoms with van der Waals surface area (Å²) in [5.41, 5.74) is 0. The first-order valence-corrected chi connectivity index (χ1v) is 7.92. The van der Waals surface area contributed by atoms with Crippen LogP contribution in [0.5, 0.6) is 0 Å². The SMILES string of the molecule is C/C=C/CCCCCCCC/C=C/C=C/CCC(=O)O. The summed E-state index contributed by atoms with van der Waals surface area (Å²) in [5, 5.41) is 8.46. The zero-order valence-electron chi connectivity index (χ0n) is 12.9. The summed E-state index contributed by atoms with van der Waals surface area (Å²) in [6, 6.07) is 0. The van der Waals surface area contributed by atoms with Gasteiger partial charge in [-0.2, -0.15) is 0 Å². The van der Waals surface area contributed by atoms with Gasteiger partial charge in [0.2, 0.25) is 0 Å². The van der Waals surface area contributed by atoms with Crippen LogP contribution in [0.15, 0.2) is 36.5 Å². The number of carbonyl (C=O) groups is 1. The van der Waals surface area contributed by atoms with Crippen LogP contribution in [0.25, 0.3) is 0 Å². The Morgan fingerprint density at radius 2 is 1.30 bits per heavy atom. The molecule has 1 N–H and O–H groups in total. The third kappa shape index (κ3) is 16.7. The topological polar surface area (TPSA) is 37.3 Å². The summed E-state index contributed by atoms with van der Waals surface area (Å²) in [6.45, 7) is 2.08. The fourth-order valence-corrected chi connectivity index (χ4v) is 1.95. The van der Waals surface area contributed by atoms with Gasteiger partial charge in [0.05, 0.1) is 0 Å². The molecule has 0 aliphatic carbocycles. The van der Waals surface area contributed by atoms with Crippen molar-refractivity contribution in [2.75, 3.05) is 0 Å². The van der Waals surface area contributed by atoms with Crippen molar-refractivity contribution in [3.05, 3.63) is 36.5 Å². The fourth-order valence-electron chi connectivity index (χ4n) is 1.95. The molecule has 2 nitrogen and oxygen atoms in total. The fraction of sp³-hybridized carbons (Fsp3) is 0.611. The van der Waals surface area contributed by atoms with Crippen molar-refractivity contribution in [2.24, 2.45) is 0 Å². The van der Waals surface area contributed by atoms with Crippen molar-refractivity contribution in [2.45, 2.75) is 71.1 Å². The lowest BCUT2D eigenvalue weighted by Gasteiger charge is -1.99. The van der Waals surface area contributed by atoms with Gasteiger partial charge in [0.15, 0.2) is 0 Å². The van der Waals surface area contributed by atoms with Crippen LogP contribution >= 0.6 is 0 Å². The highest BCUT2D eigenvalue weighted by molar-refractivity contribution is 5.66. The number of rotatable bonds is 13. The first-order valence-electron chi connectivity index (χ1n) is 7.92. The Balaban J connectivity index is 3.21. The molecule has 0 atom stereocenters. The third-order valence-corrected chi connectivity index (χ3v) is 3.14. The number of allylic oxidation sites excluding steroid dienone is 6. The number of carboxylic acid groups (broad SMARTS) is 1. The lowest BCUT2D eigenvalue weighted by molar-refractivity contribution is -0.136. The zero-order chi connectivity index (χ0) is 14.9. The predicted octanol–water partition coefficient (Wildman–Crippen LogP) is 5.66. The van der Waals surface area contributed by atoms with Gasteiger partial charge in [0, 0.05) is 6.42 Å². The Bertz CT molecular complexity index is 301. The molecule has 20 heavy (non-hydrogen) atoms. The molecule has 0 saturated carbocycles. The first kappa shape index (κ1) is 18.7. The standard InChI is InChI=1S/C18H30O2/c1-2-3-4-5-6-7-8-9-10-11-12-13-14-15-16-17-18(19)20/h2-3,12-15H,4-11,16-17H2,1H3,(H,19,20)/b3-2+,13-12+,15-14+. The van der Waals surface area contributed by atoms with Crippen molar-refractivity contribution >= 4 is 5.97 Å². The third-order valence-electron chi connectivity index (χ3n) is 3.14. The van der Waals surface area contributed by atoms with Gasteiger partial charge in [-0.1, -0.05) is 62.1 Å². The van der Waals surface area contributed by atoms with E-state index < -0.39 is 5.97 Å². The van der Waals surface area contributed by atoms with Crippen LogP contribution in [0, 0.1) is 0 Å². The van der Waals surface area contributed by atoms with E-state index in [0.29, 0.717) is 6.42 Å². The molecule has 0 heterocycles. The summed E-state index contributed by atoms with van der Waals surface area (Å²) < 4.78 is 0. The van der Waals surface area contributed by atoms with Gasteiger partial charge >= 0.3 is 5.97 Å². The highest BCUT2D eigenvalue weighted by Gasteiger charge is 1.91. The Hall–Kier alpha value is -1.31. The van der Waals surface area contributed by atoms with Crippen molar-refractivity contribution in [1.82, 2.24) is 0 Å². The summed E-state index contributed by atoms with van der Waals surface area (Å²) in [6.07, 6.45) is 23.6. The van der Waals surface area contributed by atoms with Crippen LogP contribution in [0.3, 0.4) is 0 Å². The van der Waals surface area contributed by atoms with Crippen LogP contribution in [-0.4, -0.2) is 11.1 Å². The predicted molar refractivity (Wildman–Crippen MR) is 86.9 cm³/mol. The molecule has 0 bridgehead atoms. The molecule has 0 aliphatic rings. The number of unbranched alkanes of at least 4 members (excludes halogenated alkanes) is 7. The van der Waals surface area contributed by atoms with Crippen molar-refractivity contribution < 1.29 is 9.90 Å². The van der Waals surface area contributed by atoms with Crippen LogP contribution in [0.1, 0.15) is 71.1 Å². The van der Waals surface area contributed by atoms with Crippen molar-refractivity contribution in [1.29, 1.82) is 0 Å². The molecule has 2 heteroatoms. The Morgan fingerprint density at radius 3 is 1.85 bits per heavy atom. The van der Waals surface area contributed by atoms with E-state index in [-0.39, 0.29) is 6.42 Å². The Morgan fingerprint density at radius 1 is 0.800 bits per heavy atom. The monoisotopic (exact) mass is 278 g/mol. The quantitative estimate of drug-likeness (QED) is 0.268. The van der Waals surface area contributed by atoms with Crippen molar-refractivity contribution in [3.8, 4) is 0 Å². The molecule has 0 rings (SSSR count). The van der Waals surface area contributed by atoms with Crippen molar-refractivity contribution in [3.63, 3.8) is 0 Å². The van der Waals surface area contributed by atoms with Gasteiger partial charge in [-0.15, -0.1) is 0 Å². The molecule has 114 valence electrons. The van der Waals surface area contributed by atoms with Crippen LogP contribution in [0.4, 0.5) is 0 Å². The number of hydrogen-bond acceptors (Lipinski definition) is 1. The summed E-state index contributed by atoms with van der Waals surface area (Å²) in [4.78, 5) is 10.3. The van der Waals surface area contributed by atoms with E-state index in [9.17, 15) is 4.79 Å². The smallest absolute Gasteiger partial charge is 0.303 e. The molecule has 0 amide bonds. The molecule has 0 unspecified atom stereocenters. The summed E-state index contributed by atoms with van der Waals surface area (Å²) in [7, 11) is 0. The van der Waals surface area contributed by atoms with E-state index in [1.165, 1.54) is 44.9 Å². The molecule has 0 aromatic carbocycles. The van der Waals surface area contributed by atoms with Crippen LogP contribution in [-0.2, 0) is 4.79 Å². The molecule has 0 fully saturated rings. The number of aliphatic carboxylic acids is 1. The van der Waals surface area contributed by atoms with E-state index in [1.807, 2.05) is 18.2 Å². The average Bonchev–Trinajstić information content (AvgIpc) is 2.43. The van der Waals surface area contributed by atoms with Gasteiger partial charge in [0.25, 0.3) is 0 Å². The second kappa shape index (κ2) is 15.7. The summed E-state index contributed by atoms with van der Waals surface area (Å²) in [5.74, 6) is -0.732. The molecule has 0 radical (unpaired) electrons. The van der Waals surface area contributed by atoms with Gasteiger partial charge in [-0.3, -0.25) is 4.79 Å². The maximum Gasteiger partial charge on any atom is 0.303 e. The van der Waals surface area contributed by atoms with E-state index in [4.69, 9.17) is 5.11 Å². The highest BCUT2D eigenvalue weighted by Crippen LogP contribution is 2.09. The minimum absolute atomic E-state index is 0.221. The molecule has 0 aliphatic heterocycles. The van der Waals surface area contributed by atoms with Gasteiger partial charge < -0.3 is 5.11 Å². The molecular formula is C18H30O2. The maximum atomic E-state index is 10.3. The van der Waals surface area contributed by atoms with E-state index in [0.717, 1.165) is 6.42 Å². The average molecular weight is 278 g/mol. The Labute approximate surface area is 124 Å². The lowest BCUT2D eigenvalue weighted by atomic mass is 10.1. The molecule has 0 saturated heterocycles. The molecular weight excluding hydrogens is 248 g/mol.